The van der Waals surface area contributed by atoms with Gasteiger partial charge in [-0.2, -0.15) is 0 Å². The van der Waals surface area contributed by atoms with Gasteiger partial charge in [0.05, 0.1) is 18.6 Å². The molecular formula is C15H18O4. The summed E-state index contributed by atoms with van der Waals surface area (Å²) in [5.74, 6) is 0.568. The van der Waals surface area contributed by atoms with Crippen LogP contribution in [0.3, 0.4) is 0 Å². The van der Waals surface area contributed by atoms with E-state index in [9.17, 15) is 4.79 Å². The number of hydrogen-bond donors (Lipinski definition) is 0. The van der Waals surface area contributed by atoms with E-state index in [-0.39, 0.29) is 5.76 Å². The Morgan fingerprint density at radius 2 is 2.11 bits per heavy atom. The van der Waals surface area contributed by atoms with Gasteiger partial charge >= 0.3 is 5.97 Å². The number of furan rings is 1. The third kappa shape index (κ3) is 2.57. The molecule has 0 spiro atoms. The summed E-state index contributed by atoms with van der Waals surface area (Å²) >= 11 is 0. The van der Waals surface area contributed by atoms with Crippen LogP contribution in [0.4, 0.5) is 0 Å². The van der Waals surface area contributed by atoms with E-state index < -0.39 is 5.97 Å². The van der Waals surface area contributed by atoms with Crippen molar-refractivity contribution in [1.29, 1.82) is 0 Å². The van der Waals surface area contributed by atoms with Crippen molar-refractivity contribution in [2.24, 2.45) is 0 Å². The monoisotopic (exact) mass is 262 g/mol. The van der Waals surface area contributed by atoms with Crippen LogP contribution < -0.4 is 4.74 Å². The van der Waals surface area contributed by atoms with E-state index in [0.717, 1.165) is 23.1 Å². The molecule has 0 fully saturated rings. The second-order valence-corrected chi connectivity index (χ2v) is 4.25. The normalized spacial score (nSPS) is 10.7. The Morgan fingerprint density at radius 3 is 2.79 bits per heavy atom. The molecule has 0 unspecified atom stereocenters. The average Bonchev–Trinajstić information content (AvgIpc) is 2.75. The number of esters is 1. The predicted molar refractivity (Wildman–Crippen MR) is 72.7 cm³/mol. The first-order chi connectivity index (χ1) is 9.19. The van der Waals surface area contributed by atoms with Crippen LogP contribution in [0, 0.1) is 6.92 Å². The highest BCUT2D eigenvalue weighted by Gasteiger charge is 2.20. The van der Waals surface area contributed by atoms with Crippen molar-refractivity contribution in [1.82, 2.24) is 0 Å². The Kier molecular flexibility index (Phi) is 4.10. The molecule has 4 heteroatoms. The number of hydrogen-bond acceptors (Lipinski definition) is 4. The van der Waals surface area contributed by atoms with Crippen LogP contribution in [0.25, 0.3) is 11.0 Å². The fourth-order valence-corrected chi connectivity index (χ4v) is 1.99. The van der Waals surface area contributed by atoms with Crippen LogP contribution in [0.1, 0.15) is 36.4 Å². The summed E-state index contributed by atoms with van der Waals surface area (Å²) in [6.45, 7) is 6.63. The zero-order chi connectivity index (χ0) is 13.8. The largest absolute Gasteiger partial charge is 0.493 e. The zero-order valence-electron chi connectivity index (χ0n) is 11.5. The van der Waals surface area contributed by atoms with Gasteiger partial charge in [0.15, 0.2) is 0 Å². The first-order valence-corrected chi connectivity index (χ1v) is 6.51. The lowest BCUT2D eigenvalue weighted by Crippen LogP contribution is -2.04. The van der Waals surface area contributed by atoms with Crippen LogP contribution in [-0.4, -0.2) is 19.2 Å². The quantitative estimate of drug-likeness (QED) is 0.771. The minimum atomic E-state index is -0.433. The van der Waals surface area contributed by atoms with E-state index in [1.54, 1.807) is 6.92 Å². The minimum absolute atomic E-state index is 0.254. The van der Waals surface area contributed by atoms with Crippen LogP contribution in [-0.2, 0) is 4.74 Å². The van der Waals surface area contributed by atoms with Crippen molar-refractivity contribution in [3.8, 4) is 5.75 Å². The first kappa shape index (κ1) is 13.5. The molecule has 0 bridgehead atoms. The second kappa shape index (κ2) is 5.78. The van der Waals surface area contributed by atoms with E-state index in [2.05, 4.69) is 0 Å². The van der Waals surface area contributed by atoms with Crippen molar-refractivity contribution in [3.05, 3.63) is 29.5 Å². The third-order valence-corrected chi connectivity index (χ3v) is 2.84. The van der Waals surface area contributed by atoms with Crippen LogP contribution >= 0.6 is 0 Å². The minimum Gasteiger partial charge on any atom is -0.493 e. The number of ether oxygens (including phenoxy) is 2. The molecule has 0 aliphatic rings. The molecule has 0 saturated heterocycles. The van der Waals surface area contributed by atoms with Crippen molar-refractivity contribution in [3.63, 3.8) is 0 Å². The van der Waals surface area contributed by atoms with Crippen molar-refractivity contribution < 1.29 is 18.7 Å². The molecule has 0 amide bonds. The maximum absolute atomic E-state index is 11.8. The van der Waals surface area contributed by atoms with Gasteiger partial charge in [-0.15, -0.1) is 0 Å². The molecule has 0 aliphatic carbocycles. The Morgan fingerprint density at radius 1 is 1.32 bits per heavy atom. The van der Waals surface area contributed by atoms with Crippen molar-refractivity contribution >= 4 is 16.9 Å². The molecule has 19 heavy (non-hydrogen) atoms. The van der Waals surface area contributed by atoms with Gasteiger partial charge in [-0.05, 0) is 32.4 Å². The van der Waals surface area contributed by atoms with Crippen LogP contribution in [0.5, 0.6) is 5.75 Å². The van der Waals surface area contributed by atoms with Crippen LogP contribution in [0.15, 0.2) is 22.6 Å². The van der Waals surface area contributed by atoms with Gasteiger partial charge in [-0.25, -0.2) is 4.79 Å². The lowest BCUT2D eigenvalue weighted by molar-refractivity contribution is 0.0491. The van der Waals surface area contributed by atoms with Gasteiger partial charge in [-0.1, -0.05) is 13.0 Å². The lowest BCUT2D eigenvalue weighted by Gasteiger charge is -2.05. The molecule has 1 aromatic carbocycles. The van der Waals surface area contributed by atoms with Crippen molar-refractivity contribution in [2.45, 2.75) is 27.2 Å². The Labute approximate surface area is 112 Å². The highest BCUT2D eigenvalue weighted by atomic mass is 16.5. The molecule has 0 radical (unpaired) electrons. The van der Waals surface area contributed by atoms with Gasteiger partial charge in [0.1, 0.15) is 11.3 Å². The van der Waals surface area contributed by atoms with Gasteiger partial charge in [0, 0.05) is 5.56 Å². The van der Waals surface area contributed by atoms with E-state index in [4.69, 9.17) is 13.9 Å². The topological polar surface area (TPSA) is 48.7 Å². The highest BCUT2D eigenvalue weighted by molar-refractivity contribution is 5.98. The second-order valence-electron chi connectivity index (χ2n) is 4.25. The number of carbonyl (C=O) groups is 1. The van der Waals surface area contributed by atoms with Gasteiger partial charge in [-0.3, -0.25) is 0 Å². The summed E-state index contributed by atoms with van der Waals surface area (Å²) in [7, 11) is 0. The molecule has 2 aromatic rings. The van der Waals surface area contributed by atoms with Gasteiger partial charge < -0.3 is 13.9 Å². The molecule has 4 nitrogen and oxygen atoms in total. The highest BCUT2D eigenvalue weighted by Crippen LogP contribution is 2.33. The summed E-state index contributed by atoms with van der Waals surface area (Å²) in [6, 6.07) is 5.56. The number of carbonyl (C=O) groups excluding carboxylic acids is 1. The Bertz CT molecular complexity index is 583. The Balaban J connectivity index is 2.48. The average molecular weight is 262 g/mol. The fourth-order valence-electron chi connectivity index (χ4n) is 1.99. The first-order valence-electron chi connectivity index (χ1n) is 6.51. The summed E-state index contributed by atoms with van der Waals surface area (Å²) < 4.78 is 16.3. The molecule has 0 saturated carbocycles. The lowest BCUT2D eigenvalue weighted by atomic mass is 10.1. The number of aryl methyl sites for hydroxylation is 1. The van der Waals surface area contributed by atoms with Gasteiger partial charge in [0.2, 0.25) is 5.76 Å². The molecule has 1 heterocycles. The number of rotatable bonds is 5. The Hall–Kier alpha value is -1.97. The molecule has 1 aromatic heterocycles. The van der Waals surface area contributed by atoms with Gasteiger partial charge in [0.25, 0.3) is 0 Å². The maximum Gasteiger partial charge on any atom is 0.374 e. The summed E-state index contributed by atoms with van der Waals surface area (Å²) in [6.07, 6.45) is 0.929. The fraction of sp³-hybridized carbons (Fsp3) is 0.400. The van der Waals surface area contributed by atoms with E-state index in [0.29, 0.717) is 18.8 Å². The SMILES string of the molecule is CCCOc1cccc2oc(C(=O)OCC)c(C)c12. The van der Waals surface area contributed by atoms with E-state index >= 15 is 0 Å². The van der Waals surface area contributed by atoms with E-state index in [1.165, 1.54) is 0 Å². The molecular weight excluding hydrogens is 244 g/mol. The summed E-state index contributed by atoms with van der Waals surface area (Å²) in [4.78, 5) is 11.8. The molecule has 0 aliphatic heterocycles. The van der Waals surface area contributed by atoms with E-state index in [1.807, 2.05) is 32.0 Å². The molecule has 2 rings (SSSR count). The third-order valence-electron chi connectivity index (χ3n) is 2.84. The maximum atomic E-state index is 11.8. The van der Waals surface area contributed by atoms with Crippen LogP contribution in [0.2, 0.25) is 0 Å². The predicted octanol–water partition coefficient (Wildman–Crippen LogP) is 3.71. The molecule has 102 valence electrons. The smallest absolute Gasteiger partial charge is 0.374 e. The standard InChI is InChI=1S/C15H18O4/c1-4-9-18-11-7-6-8-12-13(11)10(3)14(19-12)15(16)17-5-2/h6-8H,4-5,9H2,1-3H3. The molecule has 0 N–H and O–H groups in total. The molecule has 0 atom stereocenters. The van der Waals surface area contributed by atoms with Crippen molar-refractivity contribution in [2.75, 3.05) is 13.2 Å². The number of fused-ring (bicyclic) bond motifs is 1. The zero-order valence-corrected chi connectivity index (χ0v) is 11.5. The number of benzene rings is 1. The summed E-state index contributed by atoms with van der Waals surface area (Å²) in [5, 5.41) is 0.846. The summed E-state index contributed by atoms with van der Waals surface area (Å²) in [5.41, 5.74) is 1.41.